The molecular formula is C22H33ClN2. The van der Waals surface area contributed by atoms with Gasteiger partial charge < -0.3 is 5.32 Å². The Morgan fingerprint density at radius 3 is 2.80 bits per heavy atom. The van der Waals surface area contributed by atoms with Crippen LogP contribution in [-0.4, -0.2) is 37.1 Å². The van der Waals surface area contributed by atoms with Gasteiger partial charge >= 0.3 is 0 Å². The van der Waals surface area contributed by atoms with Gasteiger partial charge in [-0.15, -0.1) is 0 Å². The van der Waals surface area contributed by atoms with E-state index in [1.54, 1.807) is 0 Å². The van der Waals surface area contributed by atoms with Gasteiger partial charge in [-0.25, -0.2) is 0 Å². The number of hydrogen-bond acceptors (Lipinski definition) is 2. The van der Waals surface area contributed by atoms with E-state index in [4.69, 9.17) is 11.6 Å². The van der Waals surface area contributed by atoms with Gasteiger partial charge in [-0.1, -0.05) is 47.6 Å². The first kappa shape index (κ1) is 18.9. The number of nitrogens with zero attached hydrogens (tertiary/aromatic N) is 1. The van der Waals surface area contributed by atoms with Gasteiger partial charge in [-0.05, 0) is 89.5 Å². The largest absolute Gasteiger partial charge is 0.316 e. The topological polar surface area (TPSA) is 15.3 Å². The smallest absolute Gasteiger partial charge is 0.0392 e. The molecule has 138 valence electrons. The molecule has 1 N–H and O–H groups in total. The van der Waals surface area contributed by atoms with Crippen molar-refractivity contribution in [3.63, 3.8) is 0 Å². The van der Waals surface area contributed by atoms with E-state index in [1.165, 1.54) is 50.9 Å². The van der Waals surface area contributed by atoms with Gasteiger partial charge in [0.25, 0.3) is 0 Å². The van der Waals surface area contributed by atoms with E-state index in [2.05, 4.69) is 41.4 Å². The van der Waals surface area contributed by atoms with Crippen molar-refractivity contribution in [2.75, 3.05) is 26.2 Å². The standard InChI is InChI=1S/C22H33ClN2/c1-3-7-21(23)18(2)10-13-24-17-19-16-22(19)11-14-25(15-12-22)20-8-5-4-6-9-20/h3-8,19-20,24H,9-17H2,1-2H3. The van der Waals surface area contributed by atoms with Crippen molar-refractivity contribution >= 4 is 11.6 Å². The summed E-state index contributed by atoms with van der Waals surface area (Å²) in [7, 11) is 0. The number of halogens is 1. The first-order chi connectivity index (χ1) is 12.1. The highest BCUT2D eigenvalue weighted by molar-refractivity contribution is 6.31. The Bertz CT molecular complexity index is 565. The Balaban J connectivity index is 1.34. The predicted molar refractivity (Wildman–Crippen MR) is 109 cm³/mol. The van der Waals surface area contributed by atoms with E-state index in [1.807, 2.05) is 19.1 Å². The zero-order chi connectivity index (χ0) is 17.7. The van der Waals surface area contributed by atoms with Crippen molar-refractivity contribution in [2.45, 2.75) is 52.0 Å². The molecule has 0 amide bonds. The van der Waals surface area contributed by atoms with Crippen LogP contribution < -0.4 is 5.32 Å². The molecule has 0 radical (unpaired) electrons. The first-order valence-corrected chi connectivity index (χ1v) is 10.3. The van der Waals surface area contributed by atoms with E-state index in [9.17, 15) is 0 Å². The number of likely N-dealkylation sites (tertiary alicyclic amines) is 1. The SMILES string of the molecule is CC=CC(Cl)=C(C)CCNCC1CC12CCN(C1C=CC=CC1)CC2. The number of allylic oxidation sites excluding steroid dienone is 5. The van der Waals surface area contributed by atoms with Crippen LogP contribution in [0.5, 0.6) is 0 Å². The second kappa shape index (κ2) is 8.70. The van der Waals surface area contributed by atoms with Gasteiger partial charge in [-0.3, -0.25) is 4.90 Å². The fourth-order valence-electron chi connectivity index (χ4n) is 4.43. The summed E-state index contributed by atoms with van der Waals surface area (Å²) in [5, 5.41) is 4.57. The highest BCUT2D eigenvalue weighted by atomic mass is 35.5. The maximum absolute atomic E-state index is 6.23. The van der Waals surface area contributed by atoms with Crippen LogP contribution >= 0.6 is 11.6 Å². The average molecular weight is 361 g/mol. The van der Waals surface area contributed by atoms with Crippen LogP contribution in [0.3, 0.4) is 0 Å². The van der Waals surface area contributed by atoms with Crippen molar-refractivity contribution in [1.29, 1.82) is 0 Å². The summed E-state index contributed by atoms with van der Waals surface area (Å²) in [6.45, 7) is 8.92. The molecule has 1 heterocycles. The van der Waals surface area contributed by atoms with Crippen LogP contribution in [0.1, 0.15) is 46.0 Å². The molecule has 1 spiro atoms. The number of hydrogen-bond donors (Lipinski definition) is 1. The molecule has 2 unspecified atom stereocenters. The summed E-state index contributed by atoms with van der Waals surface area (Å²) in [6.07, 6.45) is 19.5. The molecule has 25 heavy (non-hydrogen) atoms. The predicted octanol–water partition coefficient (Wildman–Crippen LogP) is 5.04. The van der Waals surface area contributed by atoms with Crippen molar-refractivity contribution in [3.8, 4) is 0 Å². The van der Waals surface area contributed by atoms with E-state index < -0.39 is 0 Å². The van der Waals surface area contributed by atoms with Crippen molar-refractivity contribution < 1.29 is 0 Å². The lowest BCUT2D eigenvalue weighted by molar-refractivity contribution is 0.136. The van der Waals surface area contributed by atoms with Crippen molar-refractivity contribution in [2.24, 2.45) is 11.3 Å². The molecule has 3 rings (SSSR count). The molecule has 2 fully saturated rings. The number of piperidine rings is 1. The second-order valence-corrected chi connectivity index (χ2v) is 8.41. The molecule has 2 nitrogen and oxygen atoms in total. The van der Waals surface area contributed by atoms with Crippen LogP contribution in [0, 0.1) is 11.3 Å². The first-order valence-electron chi connectivity index (χ1n) is 9.91. The van der Waals surface area contributed by atoms with E-state index in [0.29, 0.717) is 11.5 Å². The fraction of sp³-hybridized carbons (Fsp3) is 0.636. The average Bonchev–Trinajstić information content (AvgIpc) is 3.31. The van der Waals surface area contributed by atoms with Crippen molar-refractivity contribution in [1.82, 2.24) is 10.2 Å². The number of rotatable bonds is 7. The lowest BCUT2D eigenvalue weighted by atomic mass is 9.89. The zero-order valence-corrected chi connectivity index (χ0v) is 16.6. The monoisotopic (exact) mass is 360 g/mol. The Morgan fingerprint density at radius 2 is 2.12 bits per heavy atom. The quantitative estimate of drug-likeness (QED) is 0.505. The minimum absolute atomic E-state index is 0.648. The summed E-state index contributed by atoms with van der Waals surface area (Å²) in [5.74, 6) is 0.895. The molecule has 2 atom stereocenters. The lowest BCUT2D eigenvalue weighted by Gasteiger charge is -2.37. The normalized spacial score (nSPS) is 29.4. The Hall–Kier alpha value is -0.830. The molecule has 2 aliphatic carbocycles. The van der Waals surface area contributed by atoms with Crippen molar-refractivity contribution in [3.05, 3.63) is 47.1 Å². The van der Waals surface area contributed by atoms with Gasteiger partial charge in [0.05, 0.1) is 0 Å². The van der Waals surface area contributed by atoms with Gasteiger partial charge in [0, 0.05) is 11.1 Å². The molecule has 3 aliphatic rings. The Morgan fingerprint density at radius 1 is 1.32 bits per heavy atom. The third kappa shape index (κ3) is 4.87. The van der Waals surface area contributed by atoms with Crippen LogP contribution in [0.25, 0.3) is 0 Å². The van der Waals surface area contributed by atoms with Gasteiger partial charge in [0.2, 0.25) is 0 Å². The van der Waals surface area contributed by atoms with E-state index in [-0.39, 0.29) is 0 Å². The molecule has 0 bridgehead atoms. The summed E-state index contributed by atoms with van der Waals surface area (Å²) in [6, 6.07) is 0.648. The Labute approximate surface area is 158 Å². The van der Waals surface area contributed by atoms with Crippen LogP contribution in [0.4, 0.5) is 0 Å². The minimum atomic E-state index is 0.648. The lowest BCUT2D eigenvalue weighted by Crippen LogP contribution is -2.42. The highest BCUT2D eigenvalue weighted by Gasteiger charge is 2.54. The van der Waals surface area contributed by atoms with Gasteiger partial charge in [0.1, 0.15) is 0 Å². The van der Waals surface area contributed by atoms with Gasteiger partial charge in [0.15, 0.2) is 0 Å². The van der Waals surface area contributed by atoms with Crippen LogP contribution in [0.15, 0.2) is 47.1 Å². The van der Waals surface area contributed by atoms with Crippen LogP contribution in [0.2, 0.25) is 0 Å². The fourth-order valence-corrected chi connectivity index (χ4v) is 4.65. The second-order valence-electron chi connectivity index (χ2n) is 8.00. The third-order valence-corrected chi connectivity index (χ3v) is 6.82. The maximum atomic E-state index is 6.23. The minimum Gasteiger partial charge on any atom is -0.316 e. The summed E-state index contributed by atoms with van der Waals surface area (Å²) in [4.78, 5) is 2.69. The maximum Gasteiger partial charge on any atom is 0.0392 e. The van der Waals surface area contributed by atoms with Crippen LogP contribution in [-0.2, 0) is 0 Å². The molecule has 0 aromatic heterocycles. The van der Waals surface area contributed by atoms with Gasteiger partial charge in [-0.2, -0.15) is 0 Å². The third-order valence-electron chi connectivity index (χ3n) is 6.37. The summed E-state index contributed by atoms with van der Waals surface area (Å²) >= 11 is 6.23. The molecule has 0 aromatic rings. The zero-order valence-electron chi connectivity index (χ0n) is 15.8. The number of nitrogens with one attached hydrogen (secondary N) is 1. The molecule has 1 saturated heterocycles. The molecule has 3 heteroatoms. The summed E-state index contributed by atoms with van der Waals surface area (Å²) in [5.41, 5.74) is 1.94. The molecule has 1 saturated carbocycles. The molecular weight excluding hydrogens is 328 g/mol. The van der Waals surface area contributed by atoms with E-state index >= 15 is 0 Å². The highest BCUT2D eigenvalue weighted by Crippen LogP contribution is 2.59. The Kier molecular flexibility index (Phi) is 6.60. The summed E-state index contributed by atoms with van der Waals surface area (Å²) < 4.78 is 0. The molecule has 0 aromatic carbocycles. The van der Waals surface area contributed by atoms with E-state index in [0.717, 1.165) is 23.9 Å². The molecule has 1 aliphatic heterocycles.